The standard InChI is InChI=1S/C15H24N2O2S/c1-5-16-12(4)13-6-7-15-14(10-13)8-9-17(15)20(18,19)11(2)3/h6-7,10-12,16H,5,8-9H2,1-4H3. The van der Waals surface area contributed by atoms with Gasteiger partial charge in [-0.1, -0.05) is 19.1 Å². The highest BCUT2D eigenvalue weighted by atomic mass is 32.2. The van der Waals surface area contributed by atoms with Crippen molar-refractivity contribution in [2.45, 2.75) is 45.4 Å². The number of anilines is 1. The van der Waals surface area contributed by atoms with E-state index in [1.165, 1.54) is 5.56 Å². The molecule has 1 aromatic rings. The quantitative estimate of drug-likeness (QED) is 0.908. The van der Waals surface area contributed by atoms with E-state index in [0.29, 0.717) is 12.6 Å². The number of nitrogens with one attached hydrogen (secondary N) is 1. The Morgan fingerprint density at radius 2 is 2.00 bits per heavy atom. The van der Waals surface area contributed by atoms with Gasteiger partial charge >= 0.3 is 0 Å². The molecule has 1 aromatic carbocycles. The summed E-state index contributed by atoms with van der Waals surface area (Å²) in [7, 11) is -3.22. The first kappa shape index (κ1) is 15.3. The lowest BCUT2D eigenvalue weighted by Crippen LogP contribution is -2.34. The summed E-state index contributed by atoms with van der Waals surface area (Å²) in [6.07, 6.45) is 0.800. The minimum Gasteiger partial charge on any atom is -0.310 e. The van der Waals surface area contributed by atoms with Crippen molar-refractivity contribution in [3.05, 3.63) is 29.3 Å². The van der Waals surface area contributed by atoms with Crippen LogP contribution in [0.4, 0.5) is 5.69 Å². The molecule has 20 heavy (non-hydrogen) atoms. The Morgan fingerprint density at radius 3 is 2.60 bits per heavy atom. The molecule has 0 bridgehead atoms. The zero-order valence-corrected chi connectivity index (χ0v) is 13.5. The predicted molar refractivity (Wildman–Crippen MR) is 83.6 cm³/mol. The minimum atomic E-state index is -3.22. The molecule has 0 saturated heterocycles. The van der Waals surface area contributed by atoms with Crippen LogP contribution in [0.1, 0.15) is 44.9 Å². The van der Waals surface area contributed by atoms with Crippen LogP contribution in [-0.2, 0) is 16.4 Å². The summed E-state index contributed by atoms with van der Waals surface area (Å²) in [5, 5.41) is 3.00. The second kappa shape index (κ2) is 5.74. The van der Waals surface area contributed by atoms with E-state index in [9.17, 15) is 8.42 Å². The molecule has 1 atom stereocenters. The average molecular weight is 296 g/mol. The Hall–Kier alpha value is -1.07. The highest BCUT2D eigenvalue weighted by Gasteiger charge is 2.31. The molecule has 0 saturated carbocycles. The van der Waals surface area contributed by atoms with E-state index in [2.05, 4.69) is 25.2 Å². The molecule has 0 radical (unpaired) electrons. The van der Waals surface area contributed by atoms with Crippen LogP contribution >= 0.6 is 0 Å². The minimum absolute atomic E-state index is 0.293. The van der Waals surface area contributed by atoms with Gasteiger partial charge in [-0.25, -0.2) is 8.42 Å². The first-order valence-corrected chi connectivity index (χ1v) is 8.76. The summed E-state index contributed by atoms with van der Waals surface area (Å²) >= 11 is 0. The van der Waals surface area contributed by atoms with Crippen molar-refractivity contribution in [2.24, 2.45) is 0 Å². The van der Waals surface area contributed by atoms with E-state index in [4.69, 9.17) is 0 Å². The highest BCUT2D eigenvalue weighted by molar-refractivity contribution is 7.93. The van der Waals surface area contributed by atoms with Crippen molar-refractivity contribution in [1.82, 2.24) is 5.32 Å². The first-order chi connectivity index (χ1) is 9.37. The molecule has 4 nitrogen and oxygen atoms in total. The maximum absolute atomic E-state index is 12.3. The van der Waals surface area contributed by atoms with Gasteiger partial charge in [0.2, 0.25) is 10.0 Å². The largest absolute Gasteiger partial charge is 0.310 e. The van der Waals surface area contributed by atoms with Crippen LogP contribution < -0.4 is 9.62 Å². The molecule has 1 N–H and O–H groups in total. The summed E-state index contributed by atoms with van der Waals surface area (Å²) in [5.74, 6) is 0. The molecule has 1 heterocycles. The van der Waals surface area contributed by atoms with Crippen molar-refractivity contribution >= 4 is 15.7 Å². The second-order valence-electron chi connectivity index (χ2n) is 5.58. The lowest BCUT2D eigenvalue weighted by Gasteiger charge is -2.22. The van der Waals surface area contributed by atoms with Crippen molar-refractivity contribution in [3.8, 4) is 0 Å². The molecule has 0 fully saturated rings. The van der Waals surface area contributed by atoms with Gasteiger partial charge < -0.3 is 5.32 Å². The number of nitrogens with zero attached hydrogens (tertiary/aromatic N) is 1. The molecule has 1 aliphatic heterocycles. The number of sulfonamides is 1. The summed E-state index contributed by atoms with van der Waals surface area (Å²) in [5.41, 5.74) is 3.21. The predicted octanol–water partition coefficient (Wildman–Crippen LogP) is 2.46. The van der Waals surface area contributed by atoms with Crippen LogP contribution in [0.5, 0.6) is 0 Å². The Labute approximate surface area is 122 Å². The normalized spacial score (nSPS) is 16.6. The third-order valence-electron chi connectivity index (χ3n) is 3.87. The van der Waals surface area contributed by atoms with Crippen molar-refractivity contribution in [3.63, 3.8) is 0 Å². The van der Waals surface area contributed by atoms with E-state index in [-0.39, 0.29) is 5.25 Å². The fraction of sp³-hybridized carbons (Fsp3) is 0.600. The van der Waals surface area contributed by atoms with Gasteiger partial charge in [0, 0.05) is 12.6 Å². The second-order valence-corrected chi connectivity index (χ2v) is 8.00. The number of hydrogen-bond acceptors (Lipinski definition) is 3. The zero-order valence-electron chi connectivity index (χ0n) is 12.7. The first-order valence-electron chi connectivity index (χ1n) is 7.25. The molecule has 112 valence electrons. The van der Waals surface area contributed by atoms with Crippen molar-refractivity contribution in [1.29, 1.82) is 0 Å². The molecule has 1 aliphatic rings. The number of rotatable bonds is 5. The van der Waals surface area contributed by atoms with Gasteiger partial charge in [0.25, 0.3) is 0 Å². The molecule has 5 heteroatoms. The van der Waals surface area contributed by atoms with Gasteiger partial charge in [-0.3, -0.25) is 4.31 Å². The molecule has 0 aliphatic carbocycles. The van der Waals surface area contributed by atoms with Crippen molar-refractivity contribution in [2.75, 3.05) is 17.4 Å². The van der Waals surface area contributed by atoms with Crippen LogP contribution in [0.25, 0.3) is 0 Å². The van der Waals surface area contributed by atoms with Gasteiger partial charge in [0.1, 0.15) is 0 Å². The Balaban J connectivity index is 2.32. The van der Waals surface area contributed by atoms with Crippen LogP contribution in [0, 0.1) is 0 Å². The van der Waals surface area contributed by atoms with Gasteiger partial charge in [0.05, 0.1) is 10.9 Å². The number of hydrogen-bond donors (Lipinski definition) is 1. The topological polar surface area (TPSA) is 49.4 Å². The van der Waals surface area contributed by atoms with Crippen LogP contribution in [-0.4, -0.2) is 26.8 Å². The van der Waals surface area contributed by atoms with E-state index >= 15 is 0 Å². The maximum atomic E-state index is 12.3. The zero-order chi connectivity index (χ0) is 14.9. The van der Waals surface area contributed by atoms with Crippen LogP contribution in [0.3, 0.4) is 0 Å². The third-order valence-corrected chi connectivity index (χ3v) is 6.05. The van der Waals surface area contributed by atoms with E-state index in [1.807, 2.05) is 12.1 Å². The van der Waals surface area contributed by atoms with Gasteiger partial charge in [-0.05, 0) is 50.9 Å². The van der Waals surface area contributed by atoms with Gasteiger partial charge in [-0.2, -0.15) is 0 Å². The summed E-state index contributed by atoms with van der Waals surface area (Å²) in [6, 6.07) is 6.41. The van der Waals surface area contributed by atoms with Crippen LogP contribution in [0.15, 0.2) is 18.2 Å². The lowest BCUT2D eigenvalue weighted by molar-refractivity contribution is 0.583. The SMILES string of the molecule is CCNC(C)c1ccc2c(c1)CCN2S(=O)(=O)C(C)C. The molecule has 0 aromatic heterocycles. The summed E-state index contributed by atoms with van der Waals surface area (Å²) in [4.78, 5) is 0. The monoisotopic (exact) mass is 296 g/mol. The smallest absolute Gasteiger partial charge is 0.237 e. The third kappa shape index (κ3) is 2.69. The lowest BCUT2D eigenvalue weighted by atomic mass is 10.0. The van der Waals surface area contributed by atoms with E-state index in [0.717, 1.165) is 24.2 Å². The molecule has 0 spiro atoms. The maximum Gasteiger partial charge on any atom is 0.237 e. The fourth-order valence-electron chi connectivity index (χ4n) is 2.60. The fourth-order valence-corrected chi connectivity index (χ4v) is 3.91. The summed E-state index contributed by atoms with van der Waals surface area (Å²) in [6.45, 7) is 9.16. The highest BCUT2D eigenvalue weighted by Crippen LogP contribution is 2.33. The van der Waals surface area contributed by atoms with Gasteiger partial charge in [0.15, 0.2) is 0 Å². The average Bonchev–Trinajstić information content (AvgIpc) is 2.82. The molecular weight excluding hydrogens is 272 g/mol. The van der Waals surface area contributed by atoms with E-state index < -0.39 is 10.0 Å². The van der Waals surface area contributed by atoms with Gasteiger partial charge in [-0.15, -0.1) is 0 Å². The number of fused-ring (bicyclic) bond motifs is 1. The molecular formula is C15H24N2O2S. The Morgan fingerprint density at radius 1 is 1.30 bits per heavy atom. The van der Waals surface area contributed by atoms with E-state index in [1.54, 1.807) is 18.2 Å². The molecule has 0 amide bonds. The Kier molecular flexibility index (Phi) is 4.39. The molecule has 1 unspecified atom stereocenters. The number of benzene rings is 1. The summed E-state index contributed by atoms with van der Waals surface area (Å²) < 4.78 is 26.2. The Bertz CT molecular complexity index is 582. The molecule has 2 rings (SSSR count). The van der Waals surface area contributed by atoms with Crippen molar-refractivity contribution < 1.29 is 8.42 Å². The van der Waals surface area contributed by atoms with Crippen LogP contribution in [0.2, 0.25) is 0 Å².